The lowest BCUT2D eigenvalue weighted by molar-refractivity contribution is 0.0285. The fourth-order valence-electron chi connectivity index (χ4n) is 3.45. The third-order valence-electron chi connectivity index (χ3n) is 4.53. The zero-order valence-corrected chi connectivity index (χ0v) is 12.5. The van der Waals surface area contributed by atoms with Gasteiger partial charge in [-0.15, -0.1) is 0 Å². The van der Waals surface area contributed by atoms with E-state index in [1.165, 1.54) is 6.42 Å². The van der Waals surface area contributed by atoms with Crippen molar-refractivity contribution in [2.75, 3.05) is 26.8 Å². The van der Waals surface area contributed by atoms with Gasteiger partial charge in [0.15, 0.2) is 0 Å². The van der Waals surface area contributed by atoms with Crippen LogP contribution in [0.1, 0.15) is 47.9 Å². The molecule has 0 radical (unpaired) electrons. The highest BCUT2D eigenvalue weighted by Gasteiger charge is 2.33. The maximum Gasteiger partial charge on any atom is 0.269 e. The molecule has 5 nitrogen and oxygen atoms in total. The fourth-order valence-corrected chi connectivity index (χ4v) is 3.45. The van der Waals surface area contributed by atoms with Crippen molar-refractivity contribution in [3.8, 4) is 0 Å². The quantitative estimate of drug-likeness (QED) is 0.921. The van der Waals surface area contributed by atoms with Crippen molar-refractivity contribution in [1.29, 1.82) is 0 Å². The number of carbonyl (C=O) groups is 1. The topological polar surface area (TPSA) is 54.5 Å². The summed E-state index contributed by atoms with van der Waals surface area (Å²) in [5.41, 5.74) is 1.54. The molecule has 21 heavy (non-hydrogen) atoms. The normalized spacial score (nSPS) is 24.1. The van der Waals surface area contributed by atoms with Crippen LogP contribution in [-0.2, 0) is 4.74 Å². The van der Waals surface area contributed by atoms with Gasteiger partial charge < -0.3 is 10.1 Å². The summed E-state index contributed by atoms with van der Waals surface area (Å²) in [6.07, 6.45) is 4.53. The van der Waals surface area contributed by atoms with E-state index in [9.17, 15) is 4.79 Å². The summed E-state index contributed by atoms with van der Waals surface area (Å²) < 4.78 is 5.47. The summed E-state index contributed by atoms with van der Waals surface area (Å²) >= 11 is 0. The van der Waals surface area contributed by atoms with Gasteiger partial charge in [-0.3, -0.25) is 9.69 Å². The molecule has 0 bridgehead atoms. The number of rotatable bonds is 3. The molecular formula is C16H23N3O2. The summed E-state index contributed by atoms with van der Waals surface area (Å²) in [5.74, 6) is -0.118. The van der Waals surface area contributed by atoms with Crippen LogP contribution in [-0.4, -0.2) is 48.6 Å². The molecule has 3 heterocycles. The minimum absolute atomic E-state index is 0.118. The summed E-state index contributed by atoms with van der Waals surface area (Å²) in [6.45, 7) is 2.85. The molecule has 1 aromatic heterocycles. The van der Waals surface area contributed by atoms with E-state index < -0.39 is 0 Å². The van der Waals surface area contributed by atoms with Gasteiger partial charge >= 0.3 is 0 Å². The number of hydrogen-bond acceptors (Lipinski definition) is 4. The maximum absolute atomic E-state index is 11.8. The van der Waals surface area contributed by atoms with Crippen molar-refractivity contribution in [1.82, 2.24) is 15.2 Å². The van der Waals surface area contributed by atoms with Crippen molar-refractivity contribution >= 4 is 5.91 Å². The van der Waals surface area contributed by atoms with E-state index in [4.69, 9.17) is 4.74 Å². The first kappa shape index (κ1) is 14.5. The molecule has 0 aliphatic carbocycles. The molecule has 2 aliphatic rings. The zero-order chi connectivity index (χ0) is 14.7. The minimum atomic E-state index is -0.118. The van der Waals surface area contributed by atoms with E-state index in [-0.39, 0.29) is 5.91 Å². The Hall–Kier alpha value is -1.46. The zero-order valence-electron chi connectivity index (χ0n) is 12.5. The predicted molar refractivity (Wildman–Crippen MR) is 80.1 cm³/mol. The smallest absolute Gasteiger partial charge is 0.269 e. The summed E-state index contributed by atoms with van der Waals surface area (Å²) in [4.78, 5) is 18.9. The predicted octanol–water partition coefficient (Wildman–Crippen LogP) is 1.76. The Balaban J connectivity index is 1.79. The Labute approximate surface area is 125 Å². The number of likely N-dealkylation sites (tertiary alicyclic amines) is 1. The molecule has 1 unspecified atom stereocenters. The van der Waals surface area contributed by atoms with Gasteiger partial charge in [-0.2, -0.15) is 0 Å². The maximum atomic E-state index is 11.8. The van der Waals surface area contributed by atoms with Crippen molar-refractivity contribution in [3.05, 3.63) is 29.6 Å². The first-order chi connectivity index (χ1) is 10.3. The summed E-state index contributed by atoms with van der Waals surface area (Å²) in [7, 11) is 1.64. The molecule has 1 atom stereocenters. The van der Waals surface area contributed by atoms with E-state index >= 15 is 0 Å². The number of hydrogen-bond donors (Lipinski definition) is 1. The van der Waals surface area contributed by atoms with E-state index in [0.29, 0.717) is 17.8 Å². The molecular weight excluding hydrogens is 266 g/mol. The van der Waals surface area contributed by atoms with Crippen molar-refractivity contribution in [3.63, 3.8) is 0 Å². The van der Waals surface area contributed by atoms with Gasteiger partial charge in [0.25, 0.3) is 5.91 Å². The van der Waals surface area contributed by atoms with E-state index in [1.54, 1.807) is 13.1 Å². The van der Waals surface area contributed by atoms with Gasteiger partial charge in [0.2, 0.25) is 0 Å². The van der Waals surface area contributed by atoms with Crippen molar-refractivity contribution < 1.29 is 9.53 Å². The molecule has 1 aromatic rings. The van der Waals surface area contributed by atoms with E-state index in [2.05, 4.69) is 21.3 Å². The first-order valence-electron chi connectivity index (χ1n) is 7.82. The monoisotopic (exact) mass is 289 g/mol. The molecule has 0 spiro atoms. The first-order valence-corrected chi connectivity index (χ1v) is 7.82. The fraction of sp³-hybridized carbons (Fsp3) is 0.625. The SMILES string of the molecule is CNC(=O)c1cccc(C2CCCN2C2CCOCC2)n1. The van der Waals surface area contributed by atoms with Gasteiger partial charge in [-0.1, -0.05) is 6.07 Å². The van der Waals surface area contributed by atoms with Crippen LogP contribution < -0.4 is 5.32 Å². The standard InChI is InChI=1S/C16H23N3O2/c1-17-16(20)14-5-2-4-13(18-14)15-6-3-9-19(15)12-7-10-21-11-8-12/h2,4-5,12,15H,3,6-11H2,1H3,(H,17,20). The molecule has 0 aromatic carbocycles. The van der Waals surface area contributed by atoms with E-state index in [0.717, 1.165) is 44.7 Å². The van der Waals surface area contributed by atoms with Crippen LogP contribution in [0.5, 0.6) is 0 Å². The lowest BCUT2D eigenvalue weighted by Gasteiger charge is -2.35. The minimum Gasteiger partial charge on any atom is -0.381 e. The highest BCUT2D eigenvalue weighted by molar-refractivity contribution is 5.91. The van der Waals surface area contributed by atoms with Gasteiger partial charge in [0, 0.05) is 26.3 Å². The lowest BCUT2D eigenvalue weighted by atomic mass is 10.0. The van der Waals surface area contributed by atoms with Crippen LogP contribution >= 0.6 is 0 Å². The average Bonchev–Trinajstić information content (AvgIpc) is 3.04. The molecule has 5 heteroatoms. The van der Waals surface area contributed by atoms with Crippen molar-refractivity contribution in [2.45, 2.75) is 37.8 Å². The Morgan fingerprint density at radius 3 is 2.90 bits per heavy atom. The van der Waals surface area contributed by atoms with Crippen LogP contribution in [0.3, 0.4) is 0 Å². The summed E-state index contributed by atoms with van der Waals surface area (Å²) in [6, 6.07) is 6.70. The number of amides is 1. The van der Waals surface area contributed by atoms with Gasteiger partial charge in [0.05, 0.1) is 11.7 Å². The molecule has 2 fully saturated rings. The number of nitrogens with one attached hydrogen (secondary N) is 1. The molecule has 1 amide bonds. The Morgan fingerprint density at radius 1 is 1.33 bits per heavy atom. The lowest BCUT2D eigenvalue weighted by Crippen LogP contribution is -2.39. The van der Waals surface area contributed by atoms with Gasteiger partial charge in [-0.05, 0) is 44.4 Å². The number of nitrogens with zero attached hydrogens (tertiary/aromatic N) is 2. The molecule has 1 N–H and O–H groups in total. The highest BCUT2D eigenvalue weighted by atomic mass is 16.5. The number of carbonyl (C=O) groups excluding carboxylic acids is 1. The molecule has 0 saturated carbocycles. The van der Waals surface area contributed by atoms with Gasteiger partial charge in [-0.25, -0.2) is 4.98 Å². The second-order valence-corrected chi connectivity index (χ2v) is 5.77. The van der Waals surface area contributed by atoms with Crippen LogP contribution in [0.15, 0.2) is 18.2 Å². The molecule has 2 saturated heterocycles. The van der Waals surface area contributed by atoms with Crippen LogP contribution in [0.25, 0.3) is 0 Å². The molecule has 114 valence electrons. The number of pyridine rings is 1. The highest BCUT2D eigenvalue weighted by Crippen LogP contribution is 2.35. The van der Waals surface area contributed by atoms with Crippen LogP contribution in [0.4, 0.5) is 0 Å². The van der Waals surface area contributed by atoms with E-state index in [1.807, 2.05) is 6.07 Å². The van der Waals surface area contributed by atoms with Crippen molar-refractivity contribution in [2.24, 2.45) is 0 Å². The third-order valence-corrected chi connectivity index (χ3v) is 4.53. The Kier molecular flexibility index (Phi) is 4.51. The Bertz CT molecular complexity index is 500. The van der Waals surface area contributed by atoms with Crippen LogP contribution in [0.2, 0.25) is 0 Å². The third kappa shape index (κ3) is 3.09. The van der Waals surface area contributed by atoms with Crippen LogP contribution in [0, 0.1) is 0 Å². The number of aromatic nitrogens is 1. The largest absolute Gasteiger partial charge is 0.381 e. The molecule has 2 aliphatic heterocycles. The Morgan fingerprint density at radius 2 is 2.14 bits per heavy atom. The van der Waals surface area contributed by atoms with Gasteiger partial charge in [0.1, 0.15) is 5.69 Å². The summed E-state index contributed by atoms with van der Waals surface area (Å²) in [5, 5.41) is 2.64. The molecule has 3 rings (SSSR count). The number of ether oxygens (including phenoxy) is 1. The average molecular weight is 289 g/mol. The second-order valence-electron chi connectivity index (χ2n) is 5.77. The second kappa shape index (κ2) is 6.54.